The first-order valence-electron chi connectivity index (χ1n) is 12.9. The van der Waals surface area contributed by atoms with Crippen LogP contribution in [0.1, 0.15) is 40.9 Å². The van der Waals surface area contributed by atoms with E-state index in [4.69, 9.17) is 10.7 Å². The van der Waals surface area contributed by atoms with Crippen molar-refractivity contribution in [2.75, 3.05) is 18.4 Å². The van der Waals surface area contributed by atoms with Crippen LogP contribution in [0.4, 0.5) is 5.69 Å². The molecule has 1 saturated heterocycles. The molecule has 37 heavy (non-hydrogen) atoms. The number of aromatic nitrogens is 3. The molecule has 6 rings (SSSR count). The van der Waals surface area contributed by atoms with Gasteiger partial charge in [-0.3, -0.25) is 19.2 Å². The number of para-hydroxylation sites is 1. The summed E-state index contributed by atoms with van der Waals surface area (Å²) in [7, 11) is 0. The van der Waals surface area contributed by atoms with Gasteiger partial charge in [-0.05, 0) is 49.7 Å². The maximum atomic E-state index is 12.7. The lowest BCUT2D eigenvalue weighted by Crippen LogP contribution is -2.30. The van der Waals surface area contributed by atoms with E-state index in [9.17, 15) is 4.79 Å². The van der Waals surface area contributed by atoms with E-state index in [0.29, 0.717) is 18.1 Å². The number of piperidine rings is 1. The summed E-state index contributed by atoms with van der Waals surface area (Å²) in [6.07, 6.45) is 7.35. The summed E-state index contributed by atoms with van der Waals surface area (Å²) in [5.41, 5.74) is 11.3. The molecule has 1 aliphatic heterocycles. The lowest BCUT2D eigenvalue weighted by Gasteiger charge is -2.29. The number of rotatable bonds is 7. The lowest BCUT2D eigenvalue weighted by molar-refractivity contribution is 0.0994. The monoisotopic (exact) mass is 490 g/mol. The number of anilines is 1. The second kappa shape index (κ2) is 10.0. The lowest BCUT2D eigenvalue weighted by atomic mass is 10.0. The number of hydrogen-bond donors (Lipinski definition) is 2. The Morgan fingerprint density at radius 1 is 0.973 bits per heavy atom. The van der Waals surface area contributed by atoms with Crippen LogP contribution in [0, 0.1) is 0 Å². The van der Waals surface area contributed by atoms with Crippen molar-refractivity contribution in [2.45, 2.75) is 32.4 Å². The maximum absolute atomic E-state index is 12.7. The Hall–Kier alpha value is -4.23. The molecule has 0 saturated carbocycles. The summed E-state index contributed by atoms with van der Waals surface area (Å²) in [5.74, 6) is 0.191. The molecule has 1 fully saturated rings. The van der Waals surface area contributed by atoms with E-state index in [0.717, 1.165) is 58.3 Å². The molecule has 1 aliphatic rings. The van der Waals surface area contributed by atoms with Gasteiger partial charge in [0.1, 0.15) is 5.69 Å². The molecule has 2 aromatic carbocycles. The van der Waals surface area contributed by atoms with Gasteiger partial charge in [0.05, 0.1) is 16.7 Å². The van der Waals surface area contributed by atoms with Gasteiger partial charge >= 0.3 is 0 Å². The zero-order valence-electron chi connectivity index (χ0n) is 20.7. The molecule has 7 nitrogen and oxygen atoms in total. The number of amides is 1. The summed E-state index contributed by atoms with van der Waals surface area (Å²) in [6.45, 7) is 3.53. The quantitative estimate of drug-likeness (QED) is 0.324. The highest BCUT2D eigenvalue weighted by atomic mass is 16.1. The van der Waals surface area contributed by atoms with E-state index in [1.807, 2.05) is 65.4 Å². The molecule has 7 heteroatoms. The van der Waals surface area contributed by atoms with Gasteiger partial charge in [0.15, 0.2) is 5.82 Å². The van der Waals surface area contributed by atoms with Crippen molar-refractivity contribution < 1.29 is 4.79 Å². The minimum absolute atomic E-state index is 0.411. The molecular weight excluding hydrogens is 460 g/mol. The van der Waals surface area contributed by atoms with Gasteiger partial charge < -0.3 is 11.1 Å². The molecule has 5 aromatic rings. The molecule has 0 spiro atoms. The van der Waals surface area contributed by atoms with Gasteiger partial charge in [-0.1, -0.05) is 55.0 Å². The van der Waals surface area contributed by atoms with Gasteiger partial charge in [-0.25, -0.2) is 4.98 Å². The minimum Gasteiger partial charge on any atom is -0.378 e. The van der Waals surface area contributed by atoms with Crippen molar-refractivity contribution in [1.29, 1.82) is 0 Å². The average molecular weight is 491 g/mol. The van der Waals surface area contributed by atoms with Crippen LogP contribution in [0.15, 0.2) is 79.1 Å². The van der Waals surface area contributed by atoms with Gasteiger partial charge in [0.25, 0.3) is 5.91 Å². The second-order valence-corrected chi connectivity index (χ2v) is 9.65. The van der Waals surface area contributed by atoms with Crippen LogP contribution >= 0.6 is 0 Å². The predicted octanol–water partition coefficient (Wildman–Crippen LogP) is 5.27. The van der Waals surface area contributed by atoms with Gasteiger partial charge in [-0.15, -0.1) is 0 Å². The number of primary amides is 1. The average Bonchev–Trinajstić information content (AvgIpc) is 3.33. The molecule has 0 aliphatic carbocycles. The maximum Gasteiger partial charge on any atom is 0.265 e. The smallest absolute Gasteiger partial charge is 0.265 e. The van der Waals surface area contributed by atoms with Crippen molar-refractivity contribution in [3.63, 3.8) is 0 Å². The van der Waals surface area contributed by atoms with E-state index >= 15 is 0 Å². The van der Waals surface area contributed by atoms with Crippen LogP contribution in [-0.2, 0) is 13.1 Å². The Morgan fingerprint density at radius 3 is 2.57 bits per heavy atom. The number of nitrogens with zero attached hydrogens (tertiary/aromatic N) is 4. The SMILES string of the molecule is NC(=O)c1cc2ccccc2n1-c1nc2ccncc2c(CN2CCCCC2)c1NCc1ccccc1. The van der Waals surface area contributed by atoms with Gasteiger partial charge in [0.2, 0.25) is 0 Å². The number of nitrogens with one attached hydrogen (secondary N) is 1. The Labute approximate surface area is 215 Å². The Morgan fingerprint density at radius 2 is 1.76 bits per heavy atom. The third-order valence-corrected chi connectivity index (χ3v) is 7.19. The van der Waals surface area contributed by atoms with Crippen molar-refractivity contribution in [3.05, 3.63) is 95.9 Å². The fourth-order valence-electron chi connectivity index (χ4n) is 5.36. The summed E-state index contributed by atoms with van der Waals surface area (Å²) in [6, 6.07) is 22.0. The zero-order chi connectivity index (χ0) is 25.2. The van der Waals surface area contributed by atoms with Crippen molar-refractivity contribution in [2.24, 2.45) is 5.73 Å². The molecule has 0 unspecified atom stereocenters. The van der Waals surface area contributed by atoms with Crippen molar-refractivity contribution in [3.8, 4) is 5.82 Å². The Balaban J connectivity index is 1.60. The third kappa shape index (κ3) is 4.54. The highest BCUT2D eigenvalue weighted by molar-refractivity contribution is 6.00. The first kappa shape index (κ1) is 23.2. The molecule has 3 aromatic heterocycles. The number of likely N-dealkylation sites (tertiary alicyclic amines) is 1. The number of benzene rings is 2. The van der Waals surface area contributed by atoms with E-state index in [-0.39, 0.29) is 0 Å². The molecule has 186 valence electrons. The van der Waals surface area contributed by atoms with Crippen LogP contribution < -0.4 is 11.1 Å². The molecule has 3 N–H and O–H groups in total. The molecule has 1 amide bonds. The normalized spacial score (nSPS) is 14.3. The molecule has 0 bridgehead atoms. The van der Waals surface area contributed by atoms with E-state index in [1.165, 1.54) is 19.3 Å². The fourth-order valence-corrected chi connectivity index (χ4v) is 5.36. The molecule has 0 atom stereocenters. The molecule has 4 heterocycles. The largest absolute Gasteiger partial charge is 0.378 e. The Kier molecular flexibility index (Phi) is 6.28. The van der Waals surface area contributed by atoms with Crippen molar-refractivity contribution in [1.82, 2.24) is 19.4 Å². The molecular formula is C30H30N6O. The van der Waals surface area contributed by atoms with Crippen LogP contribution in [0.25, 0.3) is 27.6 Å². The van der Waals surface area contributed by atoms with E-state index in [1.54, 1.807) is 6.20 Å². The van der Waals surface area contributed by atoms with E-state index < -0.39 is 5.91 Å². The zero-order valence-corrected chi connectivity index (χ0v) is 20.7. The first-order chi connectivity index (χ1) is 18.2. The van der Waals surface area contributed by atoms with Gasteiger partial charge in [0, 0.05) is 41.8 Å². The third-order valence-electron chi connectivity index (χ3n) is 7.19. The summed E-state index contributed by atoms with van der Waals surface area (Å²) < 4.78 is 1.91. The van der Waals surface area contributed by atoms with Crippen LogP contribution in [0.3, 0.4) is 0 Å². The number of nitrogens with two attached hydrogens (primary N) is 1. The highest BCUT2D eigenvalue weighted by Crippen LogP contribution is 2.35. The number of hydrogen-bond acceptors (Lipinski definition) is 5. The topological polar surface area (TPSA) is 89.1 Å². The molecule has 0 radical (unpaired) electrons. The number of carbonyl (C=O) groups is 1. The minimum atomic E-state index is -0.487. The number of fused-ring (bicyclic) bond motifs is 2. The van der Waals surface area contributed by atoms with Gasteiger partial charge in [-0.2, -0.15) is 0 Å². The number of pyridine rings is 2. The van der Waals surface area contributed by atoms with Crippen molar-refractivity contribution >= 4 is 33.4 Å². The van der Waals surface area contributed by atoms with E-state index in [2.05, 4.69) is 27.3 Å². The highest BCUT2D eigenvalue weighted by Gasteiger charge is 2.24. The van der Waals surface area contributed by atoms with Crippen LogP contribution in [0.2, 0.25) is 0 Å². The summed E-state index contributed by atoms with van der Waals surface area (Å²) >= 11 is 0. The predicted molar refractivity (Wildman–Crippen MR) is 148 cm³/mol. The Bertz CT molecular complexity index is 1570. The second-order valence-electron chi connectivity index (χ2n) is 9.65. The standard InChI is InChI=1S/C30H30N6O/c31-29(37)27-17-22-11-5-6-12-26(22)36(27)30-28(33-18-21-9-3-1-4-10-21)24(20-35-15-7-2-8-16-35)23-19-32-14-13-25(23)34-30/h1,3-6,9-14,17,19,33H,2,7-8,15-16,18,20H2,(H2,31,37). The number of carbonyl (C=O) groups excluding carboxylic acids is 1. The van der Waals surface area contributed by atoms with Crippen LogP contribution in [0.5, 0.6) is 0 Å². The first-order valence-corrected chi connectivity index (χ1v) is 12.9. The fraction of sp³-hybridized carbons (Fsp3) is 0.233. The van der Waals surface area contributed by atoms with Crippen LogP contribution in [-0.4, -0.2) is 38.4 Å². The summed E-state index contributed by atoms with van der Waals surface area (Å²) in [4.78, 5) is 24.7. The summed E-state index contributed by atoms with van der Waals surface area (Å²) in [5, 5.41) is 5.67.